The zero-order chi connectivity index (χ0) is 14.6. The Balaban J connectivity index is 2.47. The van der Waals surface area contributed by atoms with Crippen LogP contribution in [0, 0.1) is 17.8 Å². The third-order valence-electron chi connectivity index (χ3n) is 4.44. The van der Waals surface area contributed by atoms with Crippen molar-refractivity contribution in [2.24, 2.45) is 17.8 Å². The van der Waals surface area contributed by atoms with Gasteiger partial charge >= 0.3 is 5.97 Å². The number of carbonyl (C=O) groups is 1. The number of esters is 1. The molecule has 1 aliphatic heterocycles. The van der Waals surface area contributed by atoms with Crippen LogP contribution in [0.15, 0.2) is 11.1 Å². The van der Waals surface area contributed by atoms with E-state index in [0.29, 0.717) is 11.8 Å². The second-order valence-corrected chi connectivity index (χ2v) is 6.58. The maximum absolute atomic E-state index is 11.6. The number of rotatable bonds is 7. The molecule has 0 saturated heterocycles. The van der Waals surface area contributed by atoms with E-state index in [-0.39, 0.29) is 12.1 Å². The van der Waals surface area contributed by atoms with E-state index in [1.165, 1.54) is 19.3 Å². The summed E-state index contributed by atoms with van der Waals surface area (Å²) in [5, 5.41) is 0. The standard InChI is InChI=1S/C17H30O2/c1-7-8-11(2)9-12(3)10-13(4)16-14(5)15(6)17(18)19-16/h11-13,16H,7-10H2,1-6H3/t11-,12-,13-,16-/m0/s1. The fraction of sp³-hybridized carbons (Fsp3) is 0.824. The summed E-state index contributed by atoms with van der Waals surface area (Å²) in [6, 6.07) is 0. The Labute approximate surface area is 118 Å². The summed E-state index contributed by atoms with van der Waals surface area (Å²) in [7, 11) is 0. The molecular weight excluding hydrogens is 236 g/mol. The highest BCUT2D eigenvalue weighted by Crippen LogP contribution is 2.32. The first-order valence-corrected chi connectivity index (χ1v) is 7.75. The Hall–Kier alpha value is -0.790. The quantitative estimate of drug-likeness (QED) is 0.622. The van der Waals surface area contributed by atoms with E-state index in [4.69, 9.17) is 4.74 Å². The van der Waals surface area contributed by atoms with E-state index in [2.05, 4.69) is 27.7 Å². The zero-order valence-corrected chi connectivity index (χ0v) is 13.5. The molecule has 0 aromatic heterocycles. The van der Waals surface area contributed by atoms with Gasteiger partial charge in [-0.2, -0.15) is 0 Å². The van der Waals surface area contributed by atoms with E-state index >= 15 is 0 Å². The highest BCUT2D eigenvalue weighted by Gasteiger charge is 2.33. The third kappa shape index (κ3) is 4.36. The van der Waals surface area contributed by atoms with Crippen LogP contribution in [-0.4, -0.2) is 12.1 Å². The summed E-state index contributed by atoms with van der Waals surface area (Å²) in [5.74, 6) is 1.80. The summed E-state index contributed by atoms with van der Waals surface area (Å²) in [5.41, 5.74) is 1.94. The van der Waals surface area contributed by atoms with Gasteiger partial charge in [-0.05, 0) is 50.0 Å². The highest BCUT2D eigenvalue weighted by molar-refractivity contribution is 5.91. The van der Waals surface area contributed by atoms with Crippen LogP contribution in [0.4, 0.5) is 0 Å². The van der Waals surface area contributed by atoms with Crippen LogP contribution in [0.3, 0.4) is 0 Å². The van der Waals surface area contributed by atoms with E-state index in [1.54, 1.807) is 0 Å². The number of hydrogen-bond donors (Lipinski definition) is 0. The first-order chi connectivity index (χ1) is 8.86. The summed E-state index contributed by atoms with van der Waals surface area (Å²) in [6.45, 7) is 13.0. The normalized spacial score (nSPS) is 24.3. The van der Waals surface area contributed by atoms with E-state index in [0.717, 1.165) is 23.5 Å². The molecule has 0 bridgehead atoms. The first-order valence-electron chi connectivity index (χ1n) is 7.75. The van der Waals surface area contributed by atoms with Gasteiger partial charge in [-0.25, -0.2) is 4.79 Å². The largest absolute Gasteiger partial charge is 0.454 e. The lowest BCUT2D eigenvalue weighted by Crippen LogP contribution is -2.22. The summed E-state index contributed by atoms with van der Waals surface area (Å²) in [4.78, 5) is 11.6. The van der Waals surface area contributed by atoms with E-state index in [9.17, 15) is 4.79 Å². The molecule has 0 amide bonds. The molecule has 0 saturated carbocycles. The molecule has 0 unspecified atom stereocenters. The molecule has 0 N–H and O–H groups in total. The van der Waals surface area contributed by atoms with Gasteiger partial charge in [-0.1, -0.05) is 40.5 Å². The van der Waals surface area contributed by atoms with Crippen LogP contribution >= 0.6 is 0 Å². The minimum Gasteiger partial charge on any atom is -0.454 e. The molecule has 2 heteroatoms. The summed E-state index contributed by atoms with van der Waals surface area (Å²) < 4.78 is 5.49. The molecule has 4 atom stereocenters. The van der Waals surface area contributed by atoms with Crippen molar-refractivity contribution in [2.75, 3.05) is 0 Å². The minimum atomic E-state index is -0.124. The lowest BCUT2D eigenvalue weighted by Gasteiger charge is -2.24. The molecule has 1 aliphatic rings. The monoisotopic (exact) mass is 266 g/mol. The number of hydrogen-bond acceptors (Lipinski definition) is 2. The fourth-order valence-corrected chi connectivity index (χ4v) is 3.36. The van der Waals surface area contributed by atoms with Gasteiger partial charge in [0, 0.05) is 5.57 Å². The molecule has 0 fully saturated rings. The van der Waals surface area contributed by atoms with Gasteiger partial charge in [0.2, 0.25) is 0 Å². The lowest BCUT2D eigenvalue weighted by molar-refractivity contribution is -0.141. The van der Waals surface area contributed by atoms with Gasteiger partial charge in [0.15, 0.2) is 0 Å². The molecule has 0 aromatic rings. The van der Waals surface area contributed by atoms with Crippen LogP contribution in [-0.2, 0) is 9.53 Å². The maximum atomic E-state index is 11.6. The Morgan fingerprint density at radius 3 is 2.21 bits per heavy atom. The van der Waals surface area contributed by atoms with Gasteiger partial charge < -0.3 is 4.74 Å². The third-order valence-corrected chi connectivity index (χ3v) is 4.44. The van der Waals surface area contributed by atoms with E-state index in [1.807, 2.05) is 13.8 Å². The molecule has 0 radical (unpaired) electrons. The van der Waals surface area contributed by atoms with Crippen LogP contribution in [0.2, 0.25) is 0 Å². The van der Waals surface area contributed by atoms with Crippen molar-refractivity contribution in [3.05, 3.63) is 11.1 Å². The number of cyclic esters (lactones) is 1. The predicted molar refractivity (Wildman–Crippen MR) is 79.9 cm³/mol. The minimum absolute atomic E-state index is 0.0106. The highest BCUT2D eigenvalue weighted by atomic mass is 16.5. The Morgan fingerprint density at radius 2 is 1.74 bits per heavy atom. The van der Waals surface area contributed by atoms with Crippen LogP contribution < -0.4 is 0 Å². The van der Waals surface area contributed by atoms with Gasteiger partial charge in [0.05, 0.1) is 0 Å². The molecular formula is C17H30O2. The number of ether oxygens (including phenoxy) is 1. The first kappa shape index (κ1) is 16.3. The molecule has 0 aliphatic carbocycles. The Bertz CT molecular complexity index is 343. The van der Waals surface area contributed by atoms with Crippen LogP contribution in [0.25, 0.3) is 0 Å². The number of carbonyl (C=O) groups excluding carboxylic acids is 1. The average molecular weight is 266 g/mol. The second kappa shape index (κ2) is 7.12. The Morgan fingerprint density at radius 1 is 1.11 bits per heavy atom. The second-order valence-electron chi connectivity index (χ2n) is 6.58. The average Bonchev–Trinajstić information content (AvgIpc) is 2.57. The topological polar surface area (TPSA) is 26.3 Å². The van der Waals surface area contributed by atoms with Crippen molar-refractivity contribution in [3.8, 4) is 0 Å². The van der Waals surface area contributed by atoms with Gasteiger partial charge in [0.25, 0.3) is 0 Å². The summed E-state index contributed by atoms with van der Waals surface area (Å²) >= 11 is 0. The van der Waals surface area contributed by atoms with Gasteiger partial charge in [0.1, 0.15) is 6.10 Å². The van der Waals surface area contributed by atoms with Crippen molar-refractivity contribution in [1.82, 2.24) is 0 Å². The molecule has 2 nitrogen and oxygen atoms in total. The van der Waals surface area contributed by atoms with Crippen molar-refractivity contribution >= 4 is 5.97 Å². The summed E-state index contributed by atoms with van der Waals surface area (Å²) in [6.07, 6.45) is 5.01. The fourth-order valence-electron chi connectivity index (χ4n) is 3.36. The molecule has 1 heterocycles. The van der Waals surface area contributed by atoms with Gasteiger partial charge in [-0.3, -0.25) is 0 Å². The van der Waals surface area contributed by atoms with Crippen molar-refractivity contribution in [3.63, 3.8) is 0 Å². The SMILES string of the molecule is CCC[C@H](C)C[C@H](C)C[C@H](C)[C@@H]1OC(=O)C(C)=C1C. The molecule has 0 aromatic carbocycles. The van der Waals surface area contributed by atoms with Crippen LogP contribution in [0.1, 0.15) is 67.2 Å². The smallest absolute Gasteiger partial charge is 0.334 e. The molecule has 19 heavy (non-hydrogen) atoms. The van der Waals surface area contributed by atoms with Crippen molar-refractivity contribution < 1.29 is 9.53 Å². The maximum Gasteiger partial charge on any atom is 0.334 e. The Kier molecular flexibility index (Phi) is 6.09. The van der Waals surface area contributed by atoms with Gasteiger partial charge in [-0.15, -0.1) is 0 Å². The van der Waals surface area contributed by atoms with Crippen LogP contribution in [0.5, 0.6) is 0 Å². The lowest BCUT2D eigenvalue weighted by atomic mass is 9.84. The van der Waals surface area contributed by atoms with E-state index < -0.39 is 0 Å². The van der Waals surface area contributed by atoms with Crippen molar-refractivity contribution in [1.29, 1.82) is 0 Å². The van der Waals surface area contributed by atoms with Crippen molar-refractivity contribution in [2.45, 2.75) is 73.3 Å². The predicted octanol–water partition coefficient (Wildman–Crippen LogP) is 4.74. The molecule has 1 rings (SSSR count). The molecule has 110 valence electrons. The molecule has 0 spiro atoms. The zero-order valence-electron chi connectivity index (χ0n) is 13.5.